The van der Waals surface area contributed by atoms with Crippen LogP contribution >= 0.6 is 0 Å². The van der Waals surface area contributed by atoms with Crippen LogP contribution in [-0.2, 0) is 16.0 Å². The van der Waals surface area contributed by atoms with Crippen molar-refractivity contribution in [2.75, 3.05) is 12.4 Å². The molecule has 0 saturated heterocycles. The molecule has 0 radical (unpaired) electrons. The van der Waals surface area contributed by atoms with Crippen LogP contribution in [0.4, 0.5) is 5.69 Å². The average molecular weight is 312 g/mol. The van der Waals surface area contributed by atoms with E-state index in [0.29, 0.717) is 23.4 Å². The van der Waals surface area contributed by atoms with Gasteiger partial charge in [0.05, 0.1) is 18.6 Å². The number of nitrogens with zero attached hydrogens (tertiary/aromatic N) is 1. The number of carbonyl (C=O) groups excluding carboxylic acids is 2. The molecule has 1 N–H and O–H groups in total. The molecule has 1 heterocycles. The second kappa shape index (κ2) is 7.54. The number of rotatable bonds is 5. The minimum Gasteiger partial charge on any atom is -0.469 e. The zero-order valence-electron chi connectivity index (χ0n) is 13.5. The third-order valence-corrected chi connectivity index (χ3v) is 3.61. The van der Waals surface area contributed by atoms with Gasteiger partial charge in [-0.25, -0.2) is 0 Å². The third kappa shape index (κ3) is 4.39. The molecule has 0 fully saturated rings. The Balaban J connectivity index is 2.01. The number of nitrogens with one attached hydrogen (secondary N) is 1. The van der Waals surface area contributed by atoms with Gasteiger partial charge in [0.15, 0.2) is 0 Å². The predicted octanol–water partition coefficient (Wildman–Crippen LogP) is 2.99. The zero-order valence-corrected chi connectivity index (χ0v) is 13.5. The lowest BCUT2D eigenvalue weighted by molar-refractivity contribution is -0.144. The summed E-state index contributed by atoms with van der Waals surface area (Å²) >= 11 is 0. The molecule has 0 saturated carbocycles. The number of anilines is 1. The molecule has 2 rings (SSSR count). The van der Waals surface area contributed by atoms with Crippen LogP contribution in [0.25, 0.3) is 0 Å². The minimum atomic E-state index is -0.227. The Morgan fingerprint density at radius 1 is 1.22 bits per heavy atom. The van der Waals surface area contributed by atoms with Crippen molar-refractivity contribution in [3.63, 3.8) is 0 Å². The van der Waals surface area contributed by atoms with Crippen molar-refractivity contribution in [1.29, 1.82) is 0 Å². The van der Waals surface area contributed by atoms with Crippen molar-refractivity contribution < 1.29 is 14.3 Å². The fraction of sp³-hybridized carbons (Fsp3) is 0.278. The highest BCUT2D eigenvalue weighted by molar-refractivity contribution is 6.04. The lowest BCUT2D eigenvalue weighted by atomic mass is 10.0. The number of methoxy groups -OCH3 is 1. The van der Waals surface area contributed by atoms with E-state index in [2.05, 4.69) is 10.3 Å². The van der Waals surface area contributed by atoms with E-state index in [0.717, 1.165) is 5.56 Å². The highest BCUT2D eigenvalue weighted by Gasteiger charge is 2.14. The van der Waals surface area contributed by atoms with Gasteiger partial charge >= 0.3 is 5.97 Å². The fourth-order valence-electron chi connectivity index (χ4n) is 2.28. The normalized spacial score (nSPS) is 11.6. The number of hydrogen-bond donors (Lipinski definition) is 1. The van der Waals surface area contributed by atoms with E-state index >= 15 is 0 Å². The van der Waals surface area contributed by atoms with Crippen LogP contribution in [0.1, 0.15) is 28.5 Å². The Morgan fingerprint density at radius 2 is 1.91 bits per heavy atom. The second-order valence-electron chi connectivity index (χ2n) is 5.42. The van der Waals surface area contributed by atoms with Gasteiger partial charge in [-0.15, -0.1) is 0 Å². The number of carbonyl (C=O) groups is 2. The number of pyridine rings is 1. The molecular weight excluding hydrogens is 292 g/mol. The Labute approximate surface area is 135 Å². The number of esters is 1. The molecule has 0 aliphatic heterocycles. The van der Waals surface area contributed by atoms with E-state index in [1.165, 1.54) is 7.11 Å². The van der Waals surface area contributed by atoms with Crippen LogP contribution in [-0.4, -0.2) is 24.0 Å². The topological polar surface area (TPSA) is 68.3 Å². The van der Waals surface area contributed by atoms with Gasteiger partial charge < -0.3 is 10.1 Å². The van der Waals surface area contributed by atoms with Crippen LogP contribution in [0.5, 0.6) is 0 Å². The van der Waals surface area contributed by atoms with Gasteiger partial charge in [0.25, 0.3) is 5.91 Å². The molecule has 23 heavy (non-hydrogen) atoms. The molecular formula is C18H20N2O3. The summed E-state index contributed by atoms with van der Waals surface area (Å²) in [6.07, 6.45) is 2.26. The van der Waals surface area contributed by atoms with Crippen LogP contribution in [0.3, 0.4) is 0 Å². The lowest BCUT2D eigenvalue weighted by Crippen LogP contribution is -2.15. The van der Waals surface area contributed by atoms with Gasteiger partial charge in [0, 0.05) is 17.6 Å². The SMILES string of the molecule is COC(=O)C(C)Cc1ccc(NC(=O)c2cccnc2C)cc1. The number of hydrogen-bond acceptors (Lipinski definition) is 4. The molecule has 0 aliphatic carbocycles. The van der Waals surface area contributed by atoms with E-state index in [-0.39, 0.29) is 17.8 Å². The van der Waals surface area contributed by atoms with Crippen molar-refractivity contribution in [3.05, 3.63) is 59.4 Å². The van der Waals surface area contributed by atoms with Gasteiger partial charge in [0.2, 0.25) is 0 Å². The molecule has 120 valence electrons. The van der Waals surface area contributed by atoms with Gasteiger partial charge in [0.1, 0.15) is 0 Å². The largest absolute Gasteiger partial charge is 0.469 e. The number of benzene rings is 1. The summed E-state index contributed by atoms with van der Waals surface area (Å²) < 4.78 is 4.72. The number of amides is 1. The average Bonchev–Trinajstić information content (AvgIpc) is 2.56. The number of aryl methyl sites for hydroxylation is 1. The van der Waals surface area contributed by atoms with E-state index in [9.17, 15) is 9.59 Å². The predicted molar refractivity (Wildman–Crippen MR) is 88.3 cm³/mol. The molecule has 0 spiro atoms. The molecule has 5 heteroatoms. The van der Waals surface area contributed by atoms with Gasteiger partial charge in [-0.1, -0.05) is 19.1 Å². The first-order chi connectivity index (χ1) is 11.0. The molecule has 1 amide bonds. The molecule has 1 atom stereocenters. The van der Waals surface area contributed by atoms with E-state index < -0.39 is 0 Å². The highest BCUT2D eigenvalue weighted by atomic mass is 16.5. The standard InChI is InChI=1S/C18H20N2O3/c1-12(18(22)23-3)11-14-6-8-15(9-7-14)20-17(21)16-5-4-10-19-13(16)2/h4-10,12H,11H2,1-3H3,(H,20,21). The third-order valence-electron chi connectivity index (χ3n) is 3.61. The Bertz CT molecular complexity index is 696. The zero-order chi connectivity index (χ0) is 16.8. The molecule has 5 nitrogen and oxygen atoms in total. The van der Waals surface area contributed by atoms with E-state index in [1.807, 2.05) is 31.2 Å². The van der Waals surface area contributed by atoms with Crippen molar-refractivity contribution in [2.24, 2.45) is 5.92 Å². The summed E-state index contributed by atoms with van der Waals surface area (Å²) in [6, 6.07) is 10.9. The van der Waals surface area contributed by atoms with E-state index in [1.54, 1.807) is 25.3 Å². The summed E-state index contributed by atoms with van der Waals surface area (Å²) in [5, 5.41) is 2.84. The van der Waals surface area contributed by atoms with Crippen LogP contribution in [0, 0.1) is 12.8 Å². The van der Waals surface area contributed by atoms with Crippen molar-refractivity contribution in [1.82, 2.24) is 4.98 Å². The van der Waals surface area contributed by atoms with Crippen molar-refractivity contribution in [2.45, 2.75) is 20.3 Å². The van der Waals surface area contributed by atoms with E-state index in [4.69, 9.17) is 4.74 Å². The molecule has 1 unspecified atom stereocenters. The van der Waals surface area contributed by atoms with Gasteiger partial charge in [-0.3, -0.25) is 14.6 Å². The van der Waals surface area contributed by atoms with Crippen LogP contribution in [0.2, 0.25) is 0 Å². The fourth-order valence-corrected chi connectivity index (χ4v) is 2.28. The van der Waals surface area contributed by atoms with Crippen LogP contribution in [0.15, 0.2) is 42.6 Å². The maximum atomic E-state index is 12.2. The van der Waals surface area contributed by atoms with Gasteiger partial charge in [-0.05, 0) is 43.2 Å². The second-order valence-corrected chi connectivity index (χ2v) is 5.42. The molecule has 1 aromatic heterocycles. The minimum absolute atomic E-state index is 0.189. The summed E-state index contributed by atoms with van der Waals surface area (Å²) in [5.41, 5.74) is 2.95. The smallest absolute Gasteiger partial charge is 0.308 e. The molecule has 0 bridgehead atoms. The van der Waals surface area contributed by atoms with Crippen molar-refractivity contribution >= 4 is 17.6 Å². The first-order valence-electron chi connectivity index (χ1n) is 7.41. The monoisotopic (exact) mass is 312 g/mol. The maximum Gasteiger partial charge on any atom is 0.308 e. The molecule has 0 aliphatic rings. The Morgan fingerprint density at radius 3 is 2.52 bits per heavy atom. The van der Waals surface area contributed by atoms with Crippen LogP contribution < -0.4 is 5.32 Å². The number of ether oxygens (including phenoxy) is 1. The first kappa shape index (κ1) is 16.7. The lowest BCUT2D eigenvalue weighted by Gasteiger charge is -2.10. The highest BCUT2D eigenvalue weighted by Crippen LogP contribution is 2.15. The maximum absolute atomic E-state index is 12.2. The summed E-state index contributed by atoms with van der Waals surface area (Å²) in [6.45, 7) is 3.62. The van der Waals surface area contributed by atoms with Crippen molar-refractivity contribution in [3.8, 4) is 0 Å². The Kier molecular flexibility index (Phi) is 5.46. The summed E-state index contributed by atoms with van der Waals surface area (Å²) in [7, 11) is 1.39. The Hall–Kier alpha value is -2.69. The molecule has 2 aromatic rings. The number of aromatic nitrogens is 1. The quantitative estimate of drug-likeness (QED) is 0.862. The van der Waals surface area contributed by atoms with Gasteiger partial charge in [-0.2, -0.15) is 0 Å². The molecule has 1 aromatic carbocycles. The summed E-state index contributed by atoms with van der Waals surface area (Å²) in [5.74, 6) is -0.612. The summed E-state index contributed by atoms with van der Waals surface area (Å²) in [4.78, 5) is 27.8. The first-order valence-corrected chi connectivity index (χ1v) is 7.41.